The fourth-order valence-electron chi connectivity index (χ4n) is 7.73. The van der Waals surface area contributed by atoms with Crippen LogP contribution in [0.5, 0.6) is 5.75 Å². The fraction of sp³-hybridized carbons (Fsp3) is 0.657. The molecule has 248 valence electrons. The van der Waals surface area contributed by atoms with Gasteiger partial charge in [-0.25, -0.2) is 9.59 Å². The van der Waals surface area contributed by atoms with Crippen LogP contribution < -0.4 is 4.74 Å². The van der Waals surface area contributed by atoms with E-state index in [0.29, 0.717) is 58.1 Å². The van der Waals surface area contributed by atoms with Crippen molar-refractivity contribution in [1.29, 1.82) is 0 Å². The van der Waals surface area contributed by atoms with Gasteiger partial charge in [-0.1, -0.05) is 6.07 Å². The predicted octanol–water partition coefficient (Wildman–Crippen LogP) is 5.48. The molecule has 11 nitrogen and oxygen atoms in total. The molecule has 5 heterocycles. The summed E-state index contributed by atoms with van der Waals surface area (Å²) in [4.78, 5) is 45.3. The topological polar surface area (TPSA) is 106 Å². The number of nitrogens with zero attached hydrogens (tertiary/aromatic N) is 5. The second kappa shape index (κ2) is 11.5. The Morgan fingerprint density at radius 3 is 2.43 bits per heavy atom. The van der Waals surface area contributed by atoms with Gasteiger partial charge in [0.2, 0.25) is 5.91 Å². The Morgan fingerprint density at radius 2 is 1.72 bits per heavy atom. The molecule has 4 aliphatic heterocycles. The molecular formula is C35H47N5O6. The lowest BCUT2D eigenvalue weighted by Gasteiger charge is -2.45. The van der Waals surface area contributed by atoms with Gasteiger partial charge < -0.3 is 28.9 Å². The third-order valence-electron chi connectivity index (χ3n) is 10.3. The first-order valence-electron chi connectivity index (χ1n) is 17.0. The number of benzene rings is 1. The normalized spacial score (nSPS) is 23.6. The van der Waals surface area contributed by atoms with E-state index in [1.54, 1.807) is 9.58 Å². The van der Waals surface area contributed by atoms with E-state index < -0.39 is 11.2 Å². The van der Waals surface area contributed by atoms with Crippen molar-refractivity contribution in [3.63, 3.8) is 0 Å². The molecule has 46 heavy (non-hydrogen) atoms. The van der Waals surface area contributed by atoms with E-state index in [4.69, 9.17) is 19.3 Å². The van der Waals surface area contributed by atoms with Crippen molar-refractivity contribution >= 4 is 18.1 Å². The summed E-state index contributed by atoms with van der Waals surface area (Å²) in [5, 5.41) is 4.99. The lowest BCUT2D eigenvalue weighted by Crippen LogP contribution is -2.59. The number of carbonyl (C=O) groups is 3. The van der Waals surface area contributed by atoms with Crippen molar-refractivity contribution < 1.29 is 28.6 Å². The maximum Gasteiger partial charge on any atom is 0.410 e. The molecule has 3 saturated heterocycles. The number of amides is 3. The summed E-state index contributed by atoms with van der Waals surface area (Å²) in [5.41, 5.74) is 2.21. The third kappa shape index (κ3) is 5.93. The van der Waals surface area contributed by atoms with Crippen LogP contribution in [0.1, 0.15) is 83.3 Å². The third-order valence-corrected chi connectivity index (χ3v) is 10.3. The van der Waals surface area contributed by atoms with E-state index in [1.807, 2.05) is 55.8 Å². The van der Waals surface area contributed by atoms with E-state index in [1.165, 1.54) is 0 Å². The van der Waals surface area contributed by atoms with E-state index in [9.17, 15) is 14.4 Å². The molecule has 1 unspecified atom stereocenters. The summed E-state index contributed by atoms with van der Waals surface area (Å²) in [6, 6.07) is 6.14. The number of likely N-dealkylation sites (tertiary alicyclic amines) is 3. The van der Waals surface area contributed by atoms with Crippen molar-refractivity contribution in [3.8, 4) is 17.0 Å². The molecule has 1 aromatic heterocycles. The van der Waals surface area contributed by atoms with Gasteiger partial charge in [-0.3, -0.25) is 9.48 Å². The maximum absolute atomic E-state index is 13.9. The standard InChI is InChI=1S/C35H47N5O6/c1-24-7-10-26-28(19-24)45-35(13-17-37(18-14-35)31(42)44-22-25-8-9-25)27-20-39(36-30(26)27)21-29(41)38-15-5-11-34(23-38)12-6-16-40(34)32(43)46-33(2,3)4/h7,10,19-20,25H,5-6,8-9,11-18,21-23H2,1-4H3. The predicted molar refractivity (Wildman–Crippen MR) is 170 cm³/mol. The first kappa shape index (κ1) is 30.9. The summed E-state index contributed by atoms with van der Waals surface area (Å²) in [6.45, 7) is 11.2. The molecule has 1 atom stereocenters. The van der Waals surface area contributed by atoms with Gasteiger partial charge in [0, 0.05) is 62.9 Å². The molecule has 0 radical (unpaired) electrons. The van der Waals surface area contributed by atoms with Crippen LogP contribution in [0, 0.1) is 12.8 Å². The molecule has 1 aliphatic carbocycles. The molecule has 2 aromatic rings. The molecule has 5 aliphatic rings. The van der Waals surface area contributed by atoms with Gasteiger partial charge in [0.05, 0.1) is 12.1 Å². The summed E-state index contributed by atoms with van der Waals surface area (Å²) in [5.74, 6) is 1.30. The molecule has 1 aromatic carbocycles. The van der Waals surface area contributed by atoms with E-state index >= 15 is 0 Å². The van der Waals surface area contributed by atoms with Crippen LogP contribution >= 0.6 is 0 Å². The minimum atomic E-state index is -0.641. The Bertz CT molecular complexity index is 1520. The largest absolute Gasteiger partial charge is 0.482 e. The molecule has 11 heteroatoms. The van der Waals surface area contributed by atoms with Crippen molar-refractivity contribution in [2.75, 3.05) is 39.3 Å². The van der Waals surface area contributed by atoms with Gasteiger partial charge in [-0.05, 0) is 89.8 Å². The van der Waals surface area contributed by atoms with E-state index in [0.717, 1.165) is 66.7 Å². The number of aromatic nitrogens is 2. The van der Waals surface area contributed by atoms with Crippen LogP contribution in [0.25, 0.3) is 11.3 Å². The van der Waals surface area contributed by atoms with Crippen LogP contribution in [-0.4, -0.2) is 93.0 Å². The minimum absolute atomic E-state index is 0.0118. The molecule has 2 spiro atoms. The summed E-state index contributed by atoms with van der Waals surface area (Å²) in [7, 11) is 0. The lowest BCUT2D eigenvalue weighted by atomic mass is 9.81. The molecule has 3 amide bonds. The van der Waals surface area contributed by atoms with Crippen molar-refractivity contribution in [2.45, 2.75) is 102 Å². The lowest BCUT2D eigenvalue weighted by molar-refractivity contribution is -0.135. The van der Waals surface area contributed by atoms with Crippen molar-refractivity contribution in [3.05, 3.63) is 35.5 Å². The Labute approximate surface area is 271 Å². The first-order valence-corrected chi connectivity index (χ1v) is 17.0. The number of ether oxygens (including phenoxy) is 3. The summed E-state index contributed by atoms with van der Waals surface area (Å²) < 4.78 is 19.9. The number of rotatable bonds is 4. The van der Waals surface area contributed by atoms with Crippen LogP contribution in [-0.2, 0) is 26.4 Å². The zero-order valence-corrected chi connectivity index (χ0v) is 27.7. The van der Waals surface area contributed by atoms with Crippen LogP contribution in [0.15, 0.2) is 24.4 Å². The highest BCUT2D eigenvalue weighted by Crippen LogP contribution is 2.49. The van der Waals surface area contributed by atoms with Crippen molar-refractivity contribution in [1.82, 2.24) is 24.5 Å². The second-order valence-electron chi connectivity index (χ2n) is 15.1. The van der Waals surface area contributed by atoms with Gasteiger partial charge in [-0.15, -0.1) is 0 Å². The number of aryl methyl sites for hydroxylation is 1. The fourth-order valence-corrected chi connectivity index (χ4v) is 7.73. The number of carbonyl (C=O) groups excluding carboxylic acids is 3. The van der Waals surface area contributed by atoms with Gasteiger partial charge in [0.1, 0.15) is 29.2 Å². The molecular weight excluding hydrogens is 586 g/mol. The number of piperidine rings is 2. The second-order valence-corrected chi connectivity index (χ2v) is 15.1. The average molecular weight is 634 g/mol. The average Bonchev–Trinajstić information content (AvgIpc) is 3.61. The molecule has 1 saturated carbocycles. The smallest absolute Gasteiger partial charge is 0.410 e. The number of hydrogen-bond donors (Lipinski definition) is 0. The minimum Gasteiger partial charge on any atom is -0.482 e. The maximum atomic E-state index is 13.9. The van der Waals surface area contributed by atoms with Crippen LogP contribution in [0.3, 0.4) is 0 Å². The highest BCUT2D eigenvalue weighted by atomic mass is 16.6. The van der Waals surface area contributed by atoms with Gasteiger partial charge in [0.25, 0.3) is 0 Å². The van der Waals surface area contributed by atoms with E-state index in [-0.39, 0.29) is 30.2 Å². The Kier molecular flexibility index (Phi) is 7.71. The highest BCUT2D eigenvalue weighted by molar-refractivity contribution is 5.78. The zero-order chi connectivity index (χ0) is 32.3. The monoisotopic (exact) mass is 633 g/mol. The Morgan fingerprint density at radius 1 is 0.978 bits per heavy atom. The summed E-state index contributed by atoms with van der Waals surface area (Å²) >= 11 is 0. The first-order chi connectivity index (χ1) is 21.9. The Balaban J connectivity index is 1.09. The summed E-state index contributed by atoms with van der Waals surface area (Å²) in [6.07, 6.45) is 8.42. The van der Waals surface area contributed by atoms with Crippen LogP contribution in [0.4, 0.5) is 9.59 Å². The highest BCUT2D eigenvalue weighted by Gasteiger charge is 2.49. The van der Waals surface area contributed by atoms with E-state index in [2.05, 4.69) is 6.07 Å². The number of hydrogen-bond acceptors (Lipinski definition) is 7. The van der Waals surface area contributed by atoms with Crippen molar-refractivity contribution in [2.24, 2.45) is 5.92 Å². The number of fused-ring (bicyclic) bond motifs is 4. The SMILES string of the molecule is Cc1ccc2c(c1)OC1(CCN(C(=O)OCC3CC3)CC1)c1cn(CC(=O)N3CCCC4(CCCN4C(=O)OC(C)(C)C)C3)nc1-2. The molecule has 0 N–H and O–H groups in total. The van der Waals surface area contributed by atoms with Gasteiger partial charge in [0.15, 0.2) is 0 Å². The molecule has 0 bridgehead atoms. The Hall–Kier alpha value is -3.76. The van der Waals surface area contributed by atoms with Gasteiger partial charge >= 0.3 is 12.2 Å². The zero-order valence-electron chi connectivity index (χ0n) is 27.7. The molecule has 7 rings (SSSR count). The van der Waals surface area contributed by atoms with Crippen LogP contribution in [0.2, 0.25) is 0 Å². The van der Waals surface area contributed by atoms with Gasteiger partial charge in [-0.2, -0.15) is 5.10 Å². The molecule has 4 fully saturated rings. The quantitative estimate of drug-likeness (QED) is 0.439.